The first kappa shape index (κ1) is 9.77. The molecule has 3 nitrogen and oxygen atoms in total. The fourth-order valence-electron chi connectivity index (χ4n) is 1.58. The summed E-state index contributed by atoms with van der Waals surface area (Å²) >= 11 is 0. The first-order valence-corrected chi connectivity index (χ1v) is 4.81. The summed E-state index contributed by atoms with van der Waals surface area (Å²) in [6, 6.07) is 7.67. The van der Waals surface area contributed by atoms with Crippen LogP contribution in [0.3, 0.4) is 0 Å². The molecule has 78 valence electrons. The van der Waals surface area contributed by atoms with Gasteiger partial charge in [0.05, 0.1) is 0 Å². The van der Waals surface area contributed by atoms with Gasteiger partial charge in [0.1, 0.15) is 5.58 Å². The molecule has 0 aliphatic heterocycles. The average molecular weight is 203 g/mol. The second-order valence-corrected chi connectivity index (χ2v) is 3.75. The van der Waals surface area contributed by atoms with Crippen LogP contribution in [0.5, 0.6) is 0 Å². The smallest absolute Gasteiger partial charge is 0.289 e. The van der Waals surface area contributed by atoms with Crippen LogP contribution in [0.4, 0.5) is 0 Å². The van der Waals surface area contributed by atoms with E-state index in [2.05, 4.69) is 0 Å². The Bertz CT molecular complexity index is 511. The number of para-hydroxylation sites is 1. The van der Waals surface area contributed by atoms with E-state index in [9.17, 15) is 4.79 Å². The van der Waals surface area contributed by atoms with Gasteiger partial charge >= 0.3 is 0 Å². The first-order valence-electron chi connectivity index (χ1n) is 4.81. The molecule has 3 heteroatoms. The number of nitrogens with zero attached hydrogens (tertiary/aromatic N) is 1. The second kappa shape index (κ2) is 3.42. The largest absolute Gasteiger partial charge is 0.451 e. The van der Waals surface area contributed by atoms with Gasteiger partial charge < -0.3 is 9.32 Å². The molecule has 15 heavy (non-hydrogen) atoms. The zero-order chi connectivity index (χ0) is 11.0. The predicted molar refractivity (Wildman–Crippen MR) is 59.0 cm³/mol. The molecule has 0 N–H and O–H groups in total. The molecule has 2 aromatic rings. The van der Waals surface area contributed by atoms with Crippen LogP contribution < -0.4 is 0 Å². The highest BCUT2D eigenvalue weighted by Gasteiger charge is 2.18. The van der Waals surface area contributed by atoms with Crippen LogP contribution in [-0.2, 0) is 0 Å². The molecule has 2 rings (SSSR count). The van der Waals surface area contributed by atoms with Crippen LogP contribution in [0.1, 0.15) is 16.1 Å². The van der Waals surface area contributed by atoms with Crippen molar-refractivity contribution in [2.24, 2.45) is 0 Å². The summed E-state index contributed by atoms with van der Waals surface area (Å²) in [6.45, 7) is 1.91. The lowest BCUT2D eigenvalue weighted by atomic mass is 10.1. The Hall–Kier alpha value is -1.77. The maximum atomic E-state index is 11.8. The van der Waals surface area contributed by atoms with Gasteiger partial charge in [0.15, 0.2) is 5.76 Å². The fourth-order valence-corrected chi connectivity index (χ4v) is 1.58. The molecule has 1 amide bonds. The van der Waals surface area contributed by atoms with Gasteiger partial charge in [-0.3, -0.25) is 4.79 Å². The van der Waals surface area contributed by atoms with Gasteiger partial charge in [-0.15, -0.1) is 0 Å². The number of benzene rings is 1. The number of carbonyl (C=O) groups excluding carboxylic acids is 1. The Kier molecular flexibility index (Phi) is 2.23. The number of hydrogen-bond acceptors (Lipinski definition) is 2. The third kappa shape index (κ3) is 1.50. The zero-order valence-corrected chi connectivity index (χ0v) is 9.07. The molecule has 0 aliphatic rings. The molecule has 1 heterocycles. The average Bonchev–Trinajstić information content (AvgIpc) is 2.56. The van der Waals surface area contributed by atoms with Crippen LogP contribution in [0.2, 0.25) is 0 Å². The van der Waals surface area contributed by atoms with E-state index in [-0.39, 0.29) is 5.91 Å². The standard InChI is InChI=1S/C12H13NO2/c1-8-9-6-4-5-7-10(9)15-11(8)12(14)13(2)3/h4-7H,1-3H3. The van der Waals surface area contributed by atoms with Crippen molar-refractivity contribution in [2.75, 3.05) is 14.1 Å². The van der Waals surface area contributed by atoms with Crippen molar-refractivity contribution in [1.82, 2.24) is 4.90 Å². The van der Waals surface area contributed by atoms with Crippen LogP contribution >= 0.6 is 0 Å². The Morgan fingerprint density at radius 3 is 2.53 bits per heavy atom. The third-order valence-electron chi connectivity index (χ3n) is 2.44. The minimum Gasteiger partial charge on any atom is -0.451 e. The molecule has 1 aromatic heterocycles. The SMILES string of the molecule is Cc1c(C(=O)N(C)C)oc2ccccc12. The Morgan fingerprint density at radius 1 is 1.27 bits per heavy atom. The van der Waals surface area contributed by atoms with E-state index in [1.807, 2.05) is 31.2 Å². The summed E-state index contributed by atoms with van der Waals surface area (Å²) in [4.78, 5) is 13.3. The van der Waals surface area contributed by atoms with Gasteiger partial charge in [-0.25, -0.2) is 0 Å². The highest BCUT2D eigenvalue weighted by Crippen LogP contribution is 2.25. The number of rotatable bonds is 1. The zero-order valence-electron chi connectivity index (χ0n) is 9.07. The summed E-state index contributed by atoms with van der Waals surface area (Å²) in [7, 11) is 3.43. The molecular weight excluding hydrogens is 190 g/mol. The minimum atomic E-state index is -0.0938. The van der Waals surface area contributed by atoms with E-state index in [4.69, 9.17) is 4.42 Å². The fraction of sp³-hybridized carbons (Fsp3) is 0.250. The molecule has 0 aliphatic carbocycles. The Morgan fingerprint density at radius 2 is 1.93 bits per heavy atom. The van der Waals surface area contributed by atoms with Gasteiger partial charge in [-0.05, 0) is 13.0 Å². The van der Waals surface area contributed by atoms with Crippen molar-refractivity contribution in [3.8, 4) is 0 Å². The summed E-state index contributed by atoms with van der Waals surface area (Å²) in [5.74, 6) is 0.338. The number of furan rings is 1. The number of aryl methyl sites for hydroxylation is 1. The van der Waals surface area contributed by atoms with E-state index in [1.54, 1.807) is 14.1 Å². The van der Waals surface area contributed by atoms with Crippen LogP contribution in [0.25, 0.3) is 11.0 Å². The topological polar surface area (TPSA) is 33.5 Å². The van der Waals surface area contributed by atoms with Crippen molar-refractivity contribution in [2.45, 2.75) is 6.92 Å². The summed E-state index contributed by atoms with van der Waals surface area (Å²) in [6.07, 6.45) is 0. The molecule has 0 radical (unpaired) electrons. The van der Waals surface area contributed by atoms with Crippen molar-refractivity contribution >= 4 is 16.9 Å². The molecule has 0 saturated heterocycles. The van der Waals surface area contributed by atoms with E-state index in [0.717, 1.165) is 16.5 Å². The number of carbonyl (C=O) groups is 1. The molecule has 0 saturated carbocycles. The predicted octanol–water partition coefficient (Wildman–Crippen LogP) is 2.44. The number of hydrogen-bond donors (Lipinski definition) is 0. The van der Waals surface area contributed by atoms with Gasteiger partial charge in [0.2, 0.25) is 0 Å². The molecule has 1 aromatic carbocycles. The summed E-state index contributed by atoms with van der Waals surface area (Å²) in [5, 5.41) is 1.00. The van der Waals surface area contributed by atoms with E-state index in [0.29, 0.717) is 5.76 Å². The van der Waals surface area contributed by atoms with Crippen molar-refractivity contribution in [1.29, 1.82) is 0 Å². The van der Waals surface area contributed by atoms with Crippen LogP contribution in [-0.4, -0.2) is 24.9 Å². The highest BCUT2D eigenvalue weighted by atomic mass is 16.3. The third-order valence-corrected chi connectivity index (χ3v) is 2.44. The van der Waals surface area contributed by atoms with Crippen LogP contribution in [0, 0.1) is 6.92 Å². The summed E-state index contributed by atoms with van der Waals surface area (Å²) < 4.78 is 5.53. The lowest BCUT2D eigenvalue weighted by molar-refractivity contribution is 0.0798. The normalized spacial score (nSPS) is 10.6. The van der Waals surface area contributed by atoms with E-state index in [1.165, 1.54) is 4.90 Å². The van der Waals surface area contributed by atoms with Gasteiger partial charge in [0.25, 0.3) is 5.91 Å². The quantitative estimate of drug-likeness (QED) is 0.713. The van der Waals surface area contributed by atoms with Gasteiger partial charge in [-0.1, -0.05) is 18.2 Å². The highest BCUT2D eigenvalue weighted by molar-refractivity contribution is 5.98. The molecular formula is C12H13NO2. The maximum absolute atomic E-state index is 11.8. The van der Waals surface area contributed by atoms with Crippen LogP contribution in [0.15, 0.2) is 28.7 Å². The first-order chi connectivity index (χ1) is 7.11. The van der Waals surface area contributed by atoms with Gasteiger partial charge in [0, 0.05) is 25.0 Å². The van der Waals surface area contributed by atoms with Crippen molar-refractivity contribution in [3.63, 3.8) is 0 Å². The number of amides is 1. The molecule has 0 atom stereocenters. The lowest BCUT2D eigenvalue weighted by Gasteiger charge is -2.07. The molecule has 0 spiro atoms. The number of fused-ring (bicyclic) bond motifs is 1. The molecule has 0 bridgehead atoms. The Labute approximate surface area is 88.3 Å². The molecule has 0 fully saturated rings. The van der Waals surface area contributed by atoms with E-state index < -0.39 is 0 Å². The maximum Gasteiger partial charge on any atom is 0.289 e. The van der Waals surface area contributed by atoms with Crippen molar-refractivity contribution in [3.05, 3.63) is 35.6 Å². The Balaban J connectivity index is 2.63. The minimum absolute atomic E-state index is 0.0938. The second-order valence-electron chi connectivity index (χ2n) is 3.75. The monoisotopic (exact) mass is 203 g/mol. The van der Waals surface area contributed by atoms with Gasteiger partial charge in [-0.2, -0.15) is 0 Å². The molecule has 0 unspecified atom stereocenters. The lowest BCUT2D eigenvalue weighted by Crippen LogP contribution is -2.21. The van der Waals surface area contributed by atoms with Crippen molar-refractivity contribution < 1.29 is 9.21 Å². The van der Waals surface area contributed by atoms with E-state index >= 15 is 0 Å². The summed E-state index contributed by atoms with van der Waals surface area (Å²) in [5.41, 5.74) is 1.67.